The van der Waals surface area contributed by atoms with Crippen LogP contribution in [-0.2, 0) is 16.4 Å². The Hall–Kier alpha value is -1.69. The molecule has 5 nitrogen and oxygen atoms in total. The van der Waals surface area contributed by atoms with Crippen molar-refractivity contribution in [3.8, 4) is 0 Å². The van der Waals surface area contributed by atoms with Crippen molar-refractivity contribution < 1.29 is 8.42 Å². The van der Waals surface area contributed by atoms with E-state index in [1.807, 2.05) is 12.1 Å². The third kappa shape index (κ3) is 2.27. The van der Waals surface area contributed by atoms with Crippen LogP contribution in [0, 0.1) is 0 Å². The lowest BCUT2D eigenvalue weighted by Gasteiger charge is -2.05. The monoisotopic (exact) mass is 237 g/mol. The first-order valence-corrected chi connectivity index (χ1v) is 6.56. The number of imidazole rings is 1. The second-order valence-electron chi connectivity index (χ2n) is 3.47. The van der Waals surface area contributed by atoms with Crippen LogP contribution in [0.3, 0.4) is 0 Å². The van der Waals surface area contributed by atoms with Crippen molar-refractivity contribution in [2.45, 2.75) is 11.7 Å². The molecule has 0 bridgehead atoms. The second kappa shape index (κ2) is 4.05. The van der Waals surface area contributed by atoms with Crippen molar-refractivity contribution in [3.63, 3.8) is 0 Å². The van der Waals surface area contributed by atoms with Gasteiger partial charge in [0.15, 0.2) is 0 Å². The van der Waals surface area contributed by atoms with E-state index < -0.39 is 9.84 Å². The van der Waals surface area contributed by atoms with Gasteiger partial charge in [-0.15, -0.1) is 0 Å². The highest BCUT2D eigenvalue weighted by Crippen LogP contribution is 2.09. The lowest BCUT2D eigenvalue weighted by Crippen LogP contribution is -2.09. The van der Waals surface area contributed by atoms with Crippen LogP contribution in [0.4, 0.5) is 0 Å². The van der Waals surface area contributed by atoms with Crippen molar-refractivity contribution in [1.29, 1.82) is 0 Å². The lowest BCUT2D eigenvalue weighted by molar-refractivity contribution is 0.578. The SMILES string of the molecule is CS(=O)(=O)c1nccn1Cc1ccncc1. The summed E-state index contributed by atoms with van der Waals surface area (Å²) in [7, 11) is -3.27. The van der Waals surface area contributed by atoms with Crippen LogP contribution in [0.1, 0.15) is 5.56 Å². The Labute approximate surface area is 93.7 Å². The minimum absolute atomic E-state index is 0.0873. The van der Waals surface area contributed by atoms with Gasteiger partial charge >= 0.3 is 0 Å². The largest absolute Gasteiger partial charge is 0.318 e. The summed E-state index contributed by atoms with van der Waals surface area (Å²) in [6.07, 6.45) is 7.63. The molecule has 0 aliphatic rings. The quantitative estimate of drug-likeness (QED) is 0.789. The molecule has 2 heterocycles. The molecule has 0 spiro atoms. The van der Waals surface area contributed by atoms with Gasteiger partial charge in [0.1, 0.15) is 0 Å². The zero-order valence-electron chi connectivity index (χ0n) is 8.74. The molecule has 6 heteroatoms. The minimum Gasteiger partial charge on any atom is -0.318 e. The second-order valence-corrected chi connectivity index (χ2v) is 5.37. The van der Waals surface area contributed by atoms with Crippen LogP contribution in [-0.4, -0.2) is 29.2 Å². The first kappa shape index (κ1) is 10.8. The van der Waals surface area contributed by atoms with E-state index in [2.05, 4.69) is 9.97 Å². The van der Waals surface area contributed by atoms with E-state index in [0.29, 0.717) is 6.54 Å². The molecular formula is C10H11N3O2S. The van der Waals surface area contributed by atoms with Crippen LogP contribution in [0.2, 0.25) is 0 Å². The van der Waals surface area contributed by atoms with E-state index in [0.717, 1.165) is 11.8 Å². The van der Waals surface area contributed by atoms with Gasteiger partial charge in [-0.2, -0.15) is 0 Å². The van der Waals surface area contributed by atoms with E-state index in [1.54, 1.807) is 23.2 Å². The molecule has 84 valence electrons. The predicted molar refractivity (Wildman–Crippen MR) is 58.7 cm³/mol. The van der Waals surface area contributed by atoms with Crippen LogP contribution in [0.15, 0.2) is 42.1 Å². The van der Waals surface area contributed by atoms with Gasteiger partial charge in [-0.1, -0.05) is 0 Å². The minimum atomic E-state index is -3.27. The zero-order valence-corrected chi connectivity index (χ0v) is 9.55. The number of pyridine rings is 1. The third-order valence-corrected chi connectivity index (χ3v) is 3.11. The molecule has 2 rings (SSSR count). The molecular weight excluding hydrogens is 226 g/mol. The highest BCUT2D eigenvalue weighted by Gasteiger charge is 2.14. The standard InChI is InChI=1S/C10H11N3O2S/c1-16(14,15)10-12-6-7-13(10)8-9-2-4-11-5-3-9/h2-7H,8H2,1H3. The van der Waals surface area contributed by atoms with Crippen molar-refractivity contribution in [2.75, 3.05) is 6.26 Å². The maximum absolute atomic E-state index is 11.4. The molecule has 0 radical (unpaired) electrons. The van der Waals surface area contributed by atoms with E-state index in [-0.39, 0.29) is 5.16 Å². The number of aromatic nitrogens is 3. The Kier molecular flexibility index (Phi) is 2.74. The molecule has 0 saturated carbocycles. The fraction of sp³-hybridized carbons (Fsp3) is 0.200. The number of sulfone groups is 1. The number of hydrogen-bond donors (Lipinski definition) is 0. The summed E-state index contributed by atoms with van der Waals surface area (Å²) in [6, 6.07) is 3.68. The Morgan fingerprint density at radius 2 is 1.94 bits per heavy atom. The van der Waals surface area contributed by atoms with Crippen LogP contribution >= 0.6 is 0 Å². The van der Waals surface area contributed by atoms with Gasteiger partial charge in [0.2, 0.25) is 15.0 Å². The van der Waals surface area contributed by atoms with Crippen LogP contribution < -0.4 is 0 Å². The number of hydrogen-bond acceptors (Lipinski definition) is 4. The van der Waals surface area contributed by atoms with Gasteiger partial charge in [0.25, 0.3) is 0 Å². The summed E-state index contributed by atoms with van der Waals surface area (Å²) in [6.45, 7) is 0.477. The summed E-state index contributed by atoms with van der Waals surface area (Å²) in [5, 5.41) is 0.0873. The molecule has 0 unspecified atom stereocenters. The average Bonchev–Trinajstić information content (AvgIpc) is 2.67. The molecule has 0 aliphatic heterocycles. The third-order valence-electron chi connectivity index (χ3n) is 2.11. The molecule has 0 N–H and O–H groups in total. The van der Waals surface area contributed by atoms with Gasteiger partial charge < -0.3 is 4.57 Å². The molecule has 0 amide bonds. The Morgan fingerprint density at radius 3 is 2.56 bits per heavy atom. The first-order valence-electron chi connectivity index (χ1n) is 4.67. The van der Waals surface area contributed by atoms with E-state index in [1.165, 1.54) is 6.20 Å². The average molecular weight is 237 g/mol. The fourth-order valence-corrected chi connectivity index (χ4v) is 2.23. The van der Waals surface area contributed by atoms with Gasteiger partial charge in [0, 0.05) is 37.6 Å². The first-order chi connectivity index (χ1) is 7.57. The molecule has 0 aliphatic carbocycles. The van der Waals surface area contributed by atoms with Gasteiger partial charge in [0.05, 0.1) is 0 Å². The number of rotatable bonds is 3. The molecule has 2 aromatic rings. The van der Waals surface area contributed by atoms with Crippen LogP contribution in [0.25, 0.3) is 0 Å². The Balaban J connectivity index is 2.34. The highest BCUT2D eigenvalue weighted by molar-refractivity contribution is 7.90. The molecule has 0 saturated heterocycles. The van der Waals surface area contributed by atoms with E-state index in [9.17, 15) is 8.42 Å². The fourth-order valence-electron chi connectivity index (χ4n) is 1.43. The van der Waals surface area contributed by atoms with Crippen molar-refractivity contribution in [1.82, 2.24) is 14.5 Å². The summed E-state index contributed by atoms with van der Waals surface area (Å²) in [4.78, 5) is 7.75. The summed E-state index contributed by atoms with van der Waals surface area (Å²) in [5.41, 5.74) is 0.984. The topological polar surface area (TPSA) is 64.8 Å². The molecule has 16 heavy (non-hydrogen) atoms. The maximum Gasteiger partial charge on any atom is 0.227 e. The highest BCUT2D eigenvalue weighted by atomic mass is 32.2. The van der Waals surface area contributed by atoms with Gasteiger partial charge in [-0.3, -0.25) is 4.98 Å². The molecule has 2 aromatic heterocycles. The normalized spacial score (nSPS) is 11.6. The maximum atomic E-state index is 11.4. The van der Waals surface area contributed by atoms with Gasteiger partial charge in [-0.25, -0.2) is 13.4 Å². The van der Waals surface area contributed by atoms with E-state index in [4.69, 9.17) is 0 Å². The van der Waals surface area contributed by atoms with E-state index >= 15 is 0 Å². The Morgan fingerprint density at radius 1 is 1.25 bits per heavy atom. The molecule has 0 fully saturated rings. The van der Waals surface area contributed by atoms with Crippen molar-refractivity contribution >= 4 is 9.84 Å². The van der Waals surface area contributed by atoms with Crippen molar-refractivity contribution in [3.05, 3.63) is 42.5 Å². The van der Waals surface area contributed by atoms with Crippen molar-refractivity contribution in [2.24, 2.45) is 0 Å². The summed E-state index contributed by atoms with van der Waals surface area (Å²) < 4.78 is 24.4. The Bertz CT molecular complexity index is 575. The smallest absolute Gasteiger partial charge is 0.227 e. The predicted octanol–water partition coefficient (Wildman–Crippen LogP) is 0.730. The summed E-state index contributed by atoms with van der Waals surface area (Å²) >= 11 is 0. The molecule has 0 atom stereocenters. The summed E-state index contributed by atoms with van der Waals surface area (Å²) in [5.74, 6) is 0. The lowest BCUT2D eigenvalue weighted by atomic mass is 10.3. The van der Waals surface area contributed by atoms with Gasteiger partial charge in [-0.05, 0) is 17.7 Å². The zero-order chi connectivity index (χ0) is 11.6. The molecule has 0 aromatic carbocycles. The number of nitrogens with zero attached hydrogens (tertiary/aromatic N) is 3. The van der Waals surface area contributed by atoms with Crippen LogP contribution in [0.5, 0.6) is 0 Å².